The van der Waals surface area contributed by atoms with Crippen LogP contribution in [0.5, 0.6) is 0 Å². The topological polar surface area (TPSA) is 32.8 Å². The summed E-state index contributed by atoms with van der Waals surface area (Å²) in [5, 5.41) is 0. The lowest BCUT2D eigenvalue weighted by atomic mass is 10.1. The molecule has 1 aliphatic heterocycles. The molecule has 1 aliphatic rings. The van der Waals surface area contributed by atoms with Gasteiger partial charge in [-0.2, -0.15) is 13.2 Å². The Morgan fingerprint density at radius 2 is 1.70 bits per heavy atom. The smallest absolute Gasteiger partial charge is 0.416 e. The van der Waals surface area contributed by atoms with Gasteiger partial charge in [0.25, 0.3) is 0 Å². The molecule has 2 rings (SSSR count). The number of likely N-dealkylation sites (N-methyl/N-ethyl adjacent to an activating group) is 1. The predicted octanol–water partition coefficient (Wildman–Crippen LogP) is 3.76. The van der Waals surface area contributed by atoms with E-state index >= 15 is 0 Å². The first-order valence-corrected chi connectivity index (χ1v) is 7.35. The molecule has 4 nitrogen and oxygen atoms in total. The Morgan fingerprint density at radius 3 is 2.13 bits per heavy atom. The summed E-state index contributed by atoms with van der Waals surface area (Å²) in [6.45, 7) is 6.39. The van der Waals surface area contributed by atoms with Crippen LogP contribution in [0.1, 0.15) is 26.3 Å². The van der Waals surface area contributed by atoms with E-state index in [2.05, 4.69) is 0 Å². The van der Waals surface area contributed by atoms with Crippen LogP contribution >= 0.6 is 0 Å². The molecule has 1 aromatic rings. The zero-order valence-corrected chi connectivity index (χ0v) is 13.6. The molecule has 1 saturated heterocycles. The molecule has 0 aliphatic carbocycles. The highest BCUT2D eigenvalue weighted by atomic mass is 19.4. The molecule has 0 bridgehead atoms. The number of hydrogen-bond acceptors (Lipinski definition) is 3. The number of rotatable bonds is 2. The average molecular weight is 330 g/mol. The van der Waals surface area contributed by atoms with Gasteiger partial charge in [0, 0.05) is 25.8 Å². The van der Waals surface area contributed by atoms with Gasteiger partial charge in [-0.15, -0.1) is 0 Å². The molecule has 0 aromatic heterocycles. The van der Waals surface area contributed by atoms with Crippen molar-refractivity contribution in [3.8, 4) is 0 Å². The van der Waals surface area contributed by atoms with Gasteiger partial charge in [0.15, 0.2) is 0 Å². The summed E-state index contributed by atoms with van der Waals surface area (Å²) in [6.07, 6.45) is -4.70. The van der Waals surface area contributed by atoms with E-state index in [1.807, 2.05) is 4.90 Å². The molecule has 1 fully saturated rings. The Bertz CT molecular complexity index is 558. The van der Waals surface area contributed by atoms with Crippen molar-refractivity contribution in [3.63, 3.8) is 0 Å². The van der Waals surface area contributed by atoms with E-state index in [9.17, 15) is 18.0 Å². The van der Waals surface area contributed by atoms with E-state index in [1.54, 1.807) is 32.7 Å². The summed E-state index contributed by atoms with van der Waals surface area (Å²) in [5.74, 6) is 0. The molecular weight excluding hydrogens is 309 g/mol. The lowest BCUT2D eigenvalue weighted by Gasteiger charge is -2.44. The van der Waals surface area contributed by atoms with E-state index in [0.29, 0.717) is 18.8 Å². The van der Waals surface area contributed by atoms with Gasteiger partial charge in [-0.05, 0) is 45.0 Å². The zero-order valence-electron chi connectivity index (χ0n) is 13.6. The second-order valence-electron chi connectivity index (χ2n) is 6.69. The van der Waals surface area contributed by atoms with Crippen LogP contribution in [-0.2, 0) is 10.9 Å². The van der Waals surface area contributed by atoms with Gasteiger partial charge in [0.05, 0.1) is 11.6 Å². The fourth-order valence-electron chi connectivity index (χ4n) is 2.27. The maximum absolute atomic E-state index is 12.6. The summed E-state index contributed by atoms with van der Waals surface area (Å²) in [6, 6.07) is 5.09. The van der Waals surface area contributed by atoms with E-state index < -0.39 is 17.3 Å². The Morgan fingerprint density at radius 1 is 1.17 bits per heavy atom. The molecule has 0 spiro atoms. The van der Waals surface area contributed by atoms with Gasteiger partial charge in [-0.3, -0.25) is 0 Å². The maximum Gasteiger partial charge on any atom is 0.416 e. The Balaban J connectivity index is 1.91. The lowest BCUT2D eigenvalue weighted by Crippen LogP contribution is -2.61. The van der Waals surface area contributed by atoms with Gasteiger partial charge in [-0.25, -0.2) is 4.79 Å². The normalized spacial score (nSPS) is 16.0. The molecule has 0 N–H and O–H groups in total. The monoisotopic (exact) mass is 330 g/mol. The number of amides is 1. The van der Waals surface area contributed by atoms with Crippen LogP contribution < -0.4 is 4.90 Å². The van der Waals surface area contributed by atoms with Crippen molar-refractivity contribution in [2.24, 2.45) is 0 Å². The number of carbonyl (C=O) groups excluding carboxylic acids is 1. The molecule has 0 atom stereocenters. The third-order valence-electron chi connectivity index (χ3n) is 3.66. The SMILES string of the molecule is CN(c1ccc(C(F)(F)F)cc1)C1CN(C(=O)OC(C)(C)C)C1. The molecule has 0 saturated carbocycles. The first kappa shape index (κ1) is 17.4. The molecule has 0 unspecified atom stereocenters. The Hall–Kier alpha value is -1.92. The minimum absolute atomic E-state index is 0.0688. The maximum atomic E-state index is 12.6. The molecule has 7 heteroatoms. The number of halogens is 3. The number of carbonyl (C=O) groups is 1. The van der Waals surface area contributed by atoms with E-state index in [1.165, 1.54) is 12.1 Å². The van der Waals surface area contributed by atoms with Crippen LogP contribution in [0, 0.1) is 0 Å². The zero-order chi connectivity index (χ0) is 17.4. The molecule has 128 valence electrons. The minimum Gasteiger partial charge on any atom is -0.444 e. The average Bonchev–Trinajstić information content (AvgIpc) is 2.33. The van der Waals surface area contributed by atoms with Crippen LogP contribution in [-0.4, -0.2) is 42.8 Å². The van der Waals surface area contributed by atoms with Gasteiger partial charge >= 0.3 is 12.3 Å². The number of anilines is 1. The summed E-state index contributed by atoms with van der Waals surface area (Å²) in [7, 11) is 1.81. The van der Waals surface area contributed by atoms with Crippen LogP contribution in [0.4, 0.5) is 23.7 Å². The third-order valence-corrected chi connectivity index (χ3v) is 3.66. The predicted molar refractivity (Wildman–Crippen MR) is 81.4 cm³/mol. The van der Waals surface area contributed by atoms with Crippen molar-refractivity contribution in [1.29, 1.82) is 0 Å². The second kappa shape index (κ2) is 5.94. The van der Waals surface area contributed by atoms with Crippen LogP contribution in [0.2, 0.25) is 0 Å². The summed E-state index contributed by atoms with van der Waals surface area (Å²) in [4.78, 5) is 15.3. The van der Waals surface area contributed by atoms with E-state index in [-0.39, 0.29) is 12.1 Å². The van der Waals surface area contributed by atoms with Crippen molar-refractivity contribution < 1.29 is 22.7 Å². The van der Waals surface area contributed by atoms with Crippen LogP contribution in [0.3, 0.4) is 0 Å². The highest BCUT2D eigenvalue weighted by Crippen LogP contribution is 2.31. The van der Waals surface area contributed by atoms with Gasteiger partial charge in [0.1, 0.15) is 5.60 Å². The number of hydrogen-bond donors (Lipinski definition) is 0. The van der Waals surface area contributed by atoms with Crippen molar-refractivity contribution in [1.82, 2.24) is 4.90 Å². The number of ether oxygens (including phenoxy) is 1. The number of nitrogens with zero attached hydrogens (tertiary/aromatic N) is 2. The number of alkyl halides is 3. The van der Waals surface area contributed by atoms with Gasteiger partial charge in [0.2, 0.25) is 0 Å². The lowest BCUT2D eigenvalue weighted by molar-refractivity contribution is -0.137. The first-order valence-electron chi connectivity index (χ1n) is 7.35. The van der Waals surface area contributed by atoms with Crippen molar-refractivity contribution in [3.05, 3.63) is 29.8 Å². The third kappa shape index (κ3) is 4.30. The standard InChI is InChI=1S/C16H21F3N2O2/c1-15(2,3)23-14(22)21-9-13(10-21)20(4)12-7-5-11(6-8-12)16(17,18)19/h5-8,13H,9-10H2,1-4H3. The van der Waals surface area contributed by atoms with Crippen LogP contribution in [0.15, 0.2) is 24.3 Å². The first-order chi connectivity index (χ1) is 10.5. The largest absolute Gasteiger partial charge is 0.444 e. The summed E-state index contributed by atoms with van der Waals surface area (Å²) in [5.41, 5.74) is -0.521. The molecule has 23 heavy (non-hydrogen) atoms. The van der Waals surface area contributed by atoms with E-state index in [4.69, 9.17) is 4.74 Å². The molecule has 1 heterocycles. The molecule has 1 amide bonds. The number of benzene rings is 1. The van der Waals surface area contributed by atoms with Crippen molar-refractivity contribution >= 4 is 11.8 Å². The highest BCUT2D eigenvalue weighted by Gasteiger charge is 2.36. The summed E-state index contributed by atoms with van der Waals surface area (Å²) < 4.78 is 43.0. The fourth-order valence-corrected chi connectivity index (χ4v) is 2.27. The number of likely N-dealkylation sites (tertiary alicyclic amines) is 1. The van der Waals surface area contributed by atoms with E-state index in [0.717, 1.165) is 12.1 Å². The molecule has 1 aromatic carbocycles. The van der Waals surface area contributed by atoms with Gasteiger partial charge in [-0.1, -0.05) is 0 Å². The van der Waals surface area contributed by atoms with Gasteiger partial charge < -0.3 is 14.5 Å². The fraction of sp³-hybridized carbons (Fsp3) is 0.562. The summed E-state index contributed by atoms with van der Waals surface area (Å²) >= 11 is 0. The molecular formula is C16H21F3N2O2. The minimum atomic E-state index is -4.33. The Labute approximate surface area is 133 Å². The molecule has 0 radical (unpaired) electrons. The highest BCUT2D eigenvalue weighted by molar-refractivity contribution is 5.70. The van der Waals surface area contributed by atoms with Crippen molar-refractivity contribution in [2.45, 2.75) is 38.6 Å². The quantitative estimate of drug-likeness (QED) is 0.828. The van der Waals surface area contributed by atoms with Crippen LogP contribution in [0.25, 0.3) is 0 Å². The second-order valence-corrected chi connectivity index (χ2v) is 6.69. The Kier molecular flexibility index (Phi) is 4.50. The van der Waals surface area contributed by atoms with Crippen molar-refractivity contribution in [2.75, 3.05) is 25.0 Å².